The van der Waals surface area contributed by atoms with Gasteiger partial charge in [-0.15, -0.1) is 0 Å². The van der Waals surface area contributed by atoms with Crippen LogP contribution in [0.5, 0.6) is 0 Å². The fourth-order valence-electron chi connectivity index (χ4n) is 2.28. The van der Waals surface area contributed by atoms with Crippen LogP contribution in [0.3, 0.4) is 0 Å². The smallest absolute Gasteiger partial charge is 0.407 e. The predicted molar refractivity (Wildman–Crippen MR) is 82.5 cm³/mol. The number of aromatic nitrogens is 1. The highest BCUT2D eigenvalue weighted by molar-refractivity contribution is 5.84. The summed E-state index contributed by atoms with van der Waals surface area (Å²) in [5, 5.41) is 1.08. The Balaban J connectivity index is 2.00. The highest BCUT2D eigenvalue weighted by atomic mass is 16.6. The van der Waals surface area contributed by atoms with Crippen LogP contribution in [0.2, 0.25) is 2.82 Å². The normalized spacial score (nSPS) is 25.5. The molecule has 0 aliphatic carbocycles. The van der Waals surface area contributed by atoms with E-state index in [0.717, 1.165) is 15.2 Å². The summed E-state index contributed by atoms with van der Waals surface area (Å²) in [6.07, 6.45) is -2.99. The van der Waals surface area contributed by atoms with Crippen LogP contribution in [0, 0.1) is 0 Å². The number of nitrogens with one attached hydrogen (secondary N) is 2. The summed E-state index contributed by atoms with van der Waals surface area (Å²) in [5.74, 6) is 0. The number of H-pyrrole nitrogens is 1. The van der Waals surface area contributed by atoms with E-state index in [2.05, 4.69) is 0 Å². The lowest BCUT2D eigenvalue weighted by molar-refractivity contribution is 0.177. The topological polar surface area (TPSA) is 57.4 Å². The molecule has 1 aliphatic heterocycles. The van der Waals surface area contributed by atoms with E-state index in [4.69, 9.17) is 15.8 Å². The van der Waals surface area contributed by atoms with E-state index in [0.29, 0.717) is 22.9 Å². The first kappa shape index (κ1) is 7.31. The van der Waals surface area contributed by atoms with E-state index in [1.54, 1.807) is 18.2 Å². The van der Waals surface area contributed by atoms with Gasteiger partial charge < -0.3 is 19.9 Å². The Morgan fingerprint density at radius 1 is 1.67 bits per heavy atom. The zero-order valence-corrected chi connectivity index (χ0v) is 11.6. The average Bonchev–Trinajstić information content (AvgIpc) is 3.05. The van der Waals surface area contributed by atoms with Crippen molar-refractivity contribution < 1.29 is 20.6 Å². The molecule has 21 heavy (non-hydrogen) atoms. The average molecular weight is 295 g/mol. The Kier molecular flexibility index (Phi) is 2.01. The molecule has 1 aliphatic rings. The SMILES string of the molecule is [2H]c1c(C([2H])([2H])CN(C)C([2H])([2H])[2H])c2cc(C[C@H]3COC(=O)N3[2H])ccc2n1[2H]. The molecular formula is C16H21N3O2. The Hall–Kier alpha value is -2.01. The van der Waals surface area contributed by atoms with Gasteiger partial charge in [-0.05, 0) is 50.1 Å². The van der Waals surface area contributed by atoms with E-state index in [1.807, 2.05) is 0 Å². The standard InChI is InChI=1S/C16H21N3O2/c1-19(2)6-5-12-9-17-15-4-3-11(8-14(12)15)7-13-10-21-16(20)18-13/h3-4,8-9,13,17H,5-7,10H2,1-2H3,(H,18,20)/t13-/m0/s1/i1D3,5D2,9D/hD2. The summed E-state index contributed by atoms with van der Waals surface area (Å²) in [4.78, 5) is 13.1. The number of benzene rings is 1. The minimum atomic E-state index is -2.49. The minimum absolute atomic E-state index is 0.0677. The second kappa shape index (κ2) is 5.77. The van der Waals surface area contributed by atoms with Crippen molar-refractivity contribution in [1.29, 1.82) is 0 Å². The van der Waals surface area contributed by atoms with Gasteiger partial charge in [0.2, 0.25) is 0 Å². The van der Waals surface area contributed by atoms with Gasteiger partial charge in [0.1, 0.15) is 6.61 Å². The number of rotatable bonds is 5. The largest absolute Gasteiger partial charge is 0.447 e. The van der Waals surface area contributed by atoms with Gasteiger partial charge in [-0.3, -0.25) is 0 Å². The first-order chi connectivity index (χ1) is 13.3. The van der Waals surface area contributed by atoms with E-state index in [9.17, 15) is 4.79 Å². The number of carbonyl (C=O) groups excluding carboxylic acids is 1. The molecule has 1 saturated heterocycles. The van der Waals surface area contributed by atoms with Gasteiger partial charge in [-0.2, -0.15) is 0 Å². The summed E-state index contributed by atoms with van der Waals surface area (Å²) in [6.45, 7) is -2.91. The molecule has 5 nitrogen and oxygen atoms in total. The highest BCUT2D eigenvalue weighted by Crippen LogP contribution is 2.21. The second-order valence-electron chi connectivity index (χ2n) is 5.05. The molecule has 1 amide bonds. The van der Waals surface area contributed by atoms with Gasteiger partial charge in [0, 0.05) is 30.5 Å². The molecule has 1 aromatic carbocycles. The zero-order chi connectivity index (χ0) is 21.7. The predicted octanol–water partition coefficient (Wildman–Crippen LogP) is 1.92. The molecule has 0 unspecified atom stereocenters. The summed E-state index contributed by atoms with van der Waals surface area (Å²) in [5.41, 5.74) is 0.933. The summed E-state index contributed by atoms with van der Waals surface area (Å²) < 4.78 is 68.0. The van der Waals surface area contributed by atoms with E-state index >= 15 is 0 Å². The number of nitrogens with zero attached hydrogens (tertiary/aromatic N) is 1. The first-order valence-electron chi connectivity index (χ1n) is 10.5. The lowest BCUT2D eigenvalue weighted by Gasteiger charge is -2.09. The van der Waals surface area contributed by atoms with Crippen molar-refractivity contribution in [2.75, 3.05) is 27.2 Å². The van der Waals surface area contributed by atoms with Crippen LogP contribution in [-0.2, 0) is 17.5 Å². The van der Waals surface area contributed by atoms with Crippen molar-refractivity contribution in [3.8, 4) is 0 Å². The molecule has 2 aromatic rings. The Labute approximate surface area is 135 Å². The molecule has 0 bridgehead atoms. The van der Waals surface area contributed by atoms with Crippen LogP contribution < -0.4 is 5.31 Å². The van der Waals surface area contributed by atoms with Gasteiger partial charge in [0.05, 0.1) is 7.41 Å². The van der Waals surface area contributed by atoms with Crippen molar-refractivity contribution in [3.63, 3.8) is 0 Å². The molecule has 2 N–H and O–H groups in total. The van der Waals surface area contributed by atoms with Gasteiger partial charge in [0.15, 0.2) is 2.82 Å². The summed E-state index contributed by atoms with van der Waals surface area (Å²) >= 11 is 0. The second-order valence-corrected chi connectivity index (χ2v) is 5.05. The third kappa shape index (κ3) is 3.19. The monoisotopic (exact) mass is 295 g/mol. The van der Waals surface area contributed by atoms with Crippen LogP contribution in [0.25, 0.3) is 10.9 Å². The minimum Gasteiger partial charge on any atom is -0.447 e. The van der Waals surface area contributed by atoms with Crippen molar-refractivity contribution in [1.82, 2.24) is 15.2 Å². The maximum Gasteiger partial charge on any atom is 0.407 e. The maximum atomic E-state index is 11.4. The molecule has 0 saturated carbocycles. The van der Waals surface area contributed by atoms with E-state index in [-0.39, 0.29) is 18.3 Å². The van der Waals surface area contributed by atoms with Crippen LogP contribution in [0.1, 0.15) is 19.4 Å². The number of ether oxygens (including phenoxy) is 1. The maximum absolute atomic E-state index is 11.4. The van der Waals surface area contributed by atoms with Crippen molar-refractivity contribution in [3.05, 3.63) is 35.5 Å². The molecule has 3 rings (SSSR count). The van der Waals surface area contributed by atoms with Gasteiger partial charge in [-0.25, -0.2) is 4.79 Å². The Bertz CT molecular complexity index is 942. The highest BCUT2D eigenvalue weighted by Gasteiger charge is 2.22. The van der Waals surface area contributed by atoms with E-state index < -0.39 is 32.0 Å². The summed E-state index contributed by atoms with van der Waals surface area (Å²) in [7, 11) is 1.28. The number of hydrogen-bond acceptors (Lipinski definition) is 3. The molecule has 0 radical (unpaired) electrons. The van der Waals surface area contributed by atoms with Gasteiger partial charge >= 0.3 is 6.09 Å². The summed E-state index contributed by atoms with van der Waals surface area (Å²) in [6, 6.07) is 4.40. The van der Waals surface area contributed by atoms with Crippen molar-refractivity contribution in [2.45, 2.75) is 18.8 Å². The molecular weight excluding hydrogens is 266 g/mol. The fourth-order valence-corrected chi connectivity index (χ4v) is 2.28. The number of cyclic esters (lactones) is 1. The number of fused-ring (bicyclic) bond motifs is 1. The van der Waals surface area contributed by atoms with Gasteiger partial charge in [-0.1, -0.05) is 6.07 Å². The number of alkyl carbamates (subject to hydrolysis) is 1. The Morgan fingerprint density at radius 3 is 3.33 bits per heavy atom. The van der Waals surface area contributed by atoms with Crippen LogP contribution in [-0.4, -0.2) is 49.2 Å². The fraction of sp³-hybridized carbons (Fsp3) is 0.438. The molecule has 112 valence electrons. The van der Waals surface area contributed by atoms with E-state index in [1.165, 1.54) is 7.05 Å². The number of likely N-dealkylation sites (N-methyl/N-ethyl adjacent to an activating group) is 1. The Morgan fingerprint density at radius 2 is 2.57 bits per heavy atom. The van der Waals surface area contributed by atoms with Crippen molar-refractivity contribution in [2.24, 2.45) is 0 Å². The number of carbonyl (C=O) groups is 1. The quantitative estimate of drug-likeness (QED) is 0.886. The lowest BCUT2D eigenvalue weighted by atomic mass is 10.0. The number of aromatic amines is 1. The van der Waals surface area contributed by atoms with Crippen LogP contribution >= 0.6 is 0 Å². The third-order valence-corrected chi connectivity index (χ3v) is 3.27. The third-order valence-electron chi connectivity index (χ3n) is 3.27. The van der Waals surface area contributed by atoms with Crippen LogP contribution in [0.4, 0.5) is 4.79 Å². The zero-order valence-electron chi connectivity index (χ0n) is 19.6. The molecule has 1 aromatic heterocycles. The number of amides is 1. The van der Waals surface area contributed by atoms with Crippen molar-refractivity contribution >= 4 is 17.0 Å². The molecule has 1 atom stereocenters. The number of hydrogen-bond donors (Lipinski definition) is 2. The molecule has 2 heterocycles. The van der Waals surface area contributed by atoms with Gasteiger partial charge in [0.25, 0.3) is 0 Å². The first-order valence-corrected chi connectivity index (χ1v) is 6.62. The molecule has 1 fully saturated rings. The van der Waals surface area contributed by atoms with Crippen LogP contribution in [0.15, 0.2) is 24.4 Å². The molecule has 0 spiro atoms. The lowest BCUT2D eigenvalue weighted by Crippen LogP contribution is -2.28. The molecule has 5 heteroatoms.